The molecular formula is C31H30N2O4S. The number of ether oxygens (including phenoxy) is 2. The molecule has 4 aromatic rings. The van der Waals surface area contributed by atoms with Crippen LogP contribution in [0.2, 0.25) is 0 Å². The fourth-order valence-electron chi connectivity index (χ4n) is 5.61. The molecule has 6 nitrogen and oxygen atoms in total. The molecule has 2 aliphatic heterocycles. The Bertz CT molecular complexity index is 1540. The van der Waals surface area contributed by atoms with E-state index in [4.69, 9.17) is 9.47 Å². The quantitative estimate of drug-likeness (QED) is 0.333. The van der Waals surface area contributed by atoms with Crippen LogP contribution in [0.3, 0.4) is 0 Å². The lowest BCUT2D eigenvalue weighted by atomic mass is 9.90. The molecule has 0 N–H and O–H groups in total. The van der Waals surface area contributed by atoms with Gasteiger partial charge in [-0.2, -0.15) is 0 Å². The highest BCUT2D eigenvalue weighted by Crippen LogP contribution is 2.43. The second-order valence-corrected chi connectivity index (χ2v) is 10.7. The molecule has 7 heteroatoms. The van der Waals surface area contributed by atoms with Gasteiger partial charge in [0.25, 0.3) is 5.56 Å². The average Bonchev–Trinajstić information content (AvgIpc) is 3.41. The molecule has 0 saturated carbocycles. The third-order valence-electron chi connectivity index (χ3n) is 7.53. The summed E-state index contributed by atoms with van der Waals surface area (Å²) in [7, 11) is 1.39. The van der Waals surface area contributed by atoms with Crippen LogP contribution in [-0.2, 0) is 27.2 Å². The Morgan fingerprint density at radius 3 is 2.50 bits per heavy atom. The van der Waals surface area contributed by atoms with Crippen LogP contribution in [0.25, 0.3) is 21.9 Å². The predicted octanol–water partition coefficient (Wildman–Crippen LogP) is 4.91. The third kappa shape index (κ3) is 4.55. The molecular weight excluding hydrogens is 496 g/mol. The molecule has 0 spiro atoms. The summed E-state index contributed by atoms with van der Waals surface area (Å²) in [5.41, 5.74) is 4.96. The van der Waals surface area contributed by atoms with Gasteiger partial charge in [-0.3, -0.25) is 14.3 Å². The van der Waals surface area contributed by atoms with E-state index in [1.807, 2.05) is 18.2 Å². The predicted molar refractivity (Wildman–Crippen MR) is 151 cm³/mol. The number of rotatable bonds is 6. The third-order valence-corrected chi connectivity index (χ3v) is 8.69. The molecule has 3 heterocycles. The maximum atomic E-state index is 14.3. The molecule has 0 bridgehead atoms. The van der Waals surface area contributed by atoms with Gasteiger partial charge >= 0.3 is 5.97 Å². The highest BCUT2D eigenvalue weighted by molar-refractivity contribution is 7.99. The molecule has 1 aromatic heterocycles. The number of esters is 1. The Kier molecular flexibility index (Phi) is 7.06. The van der Waals surface area contributed by atoms with Crippen molar-refractivity contribution in [1.29, 1.82) is 0 Å². The van der Waals surface area contributed by atoms with Crippen molar-refractivity contribution in [2.24, 2.45) is 0 Å². The summed E-state index contributed by atoms with van der Waals surface area (Å²) >= 11 is 1.57. The summed E-state index contributed by atoms with van der Waals surface area (Å²) in [5, 5.41) is 3.21. The Morgan fingerprint density at radius 2 is 1.71 bits per heavy atom. The Hall–Kier alpha value is -3.39. The van der Waals surface area contributed by atoms with Gasteiger partial charge in [0.15, 0.2) is 0 Å². The number of hydrogen-bond acceptors (Lipinski definition) is 6. The summed E-state index contributed by atoms with van der Waals surface area (Å²) in [4.78, 5) is 29.4. The molecule has 0 aliphatic carbocycles. The minimum atomic E-state index is -0.634. The Morgan fingerprint density at radius 1 is 0.974 bits per heavy atom. The minimum Gasteiger partial charge on any atom is -0.467 e. The summed E-state index contributed by atoms with van der Waals surface area (Å²) in [6, 6.07) is 24.4. The number of aromatic nitrogens is 1. The lowest BCUT2D eigenvalue weighted by molar-refractivity contribution is -0.143. The topological polar surface area (TPSA) is 60.8 Å². The van der Waals surface area contributed by atoms with Gasteiger partial charge in [0, 0.05) is 36.5 Å². The van der Waals surface area contributed by atoms with Crippen molar-refractivity contribution in [3.8, 4) is 11.1 Å². The van der Waals surface area contributed by atoms with Gasteiger partial charge in [0.1, 0.15) is 6.04 Å². The van der Waals surface area contributed by atoms with Crippen molar-refractivity contribution in [2.75, 3.05) is 39.2 Å². The summed E-state index contributed by atoms with van der Waals surface area (Å²) < 4.78 is 12.4. The highest BCUT2D eigenvalue weighted by atomic mass is 32.2. The van der Waals surface area contributed by atoms with Gasteiger partial charge in [-0.1, -0.05) is 72.8 Å². The van der Waals surface area contributed by atoms with Crippen molar-refractivity contribution in [3.63, 3.8) is 0 Å². The zero-order valence-corrected chi connectivity index (χ0v) is 22.2. The highest BCUT2D eigenvalue weighted by Gasteiger charge is 2.36. The molecule has 38 heavy (non-hydrogen) atoms. The zero-order chi connectivity index (χ0) is 26.1. The number of hydrogen-bond donors (Lipinski definition) is 0. The van der Waals surface area contributed by atoms with E-state index in [9.17, 15) is 9.59 Å². The van der Waals surface area contributed by atoms with Crippen molar-refractivity contribution in [1.82, 2.24) is 9.47 Å². The van der Waals surface area contributed by atoms with Gasteiger partial charge in [-0.25, -0.2) is 4.79 Å². The maximum absolute atomic E-state index is 14.3. The largest absolute Gasteiger partial charge is 0.467 e. The normalized spacial score (nSPS) is 17.4. The number of carbonyl (C=O) groups is 1. The smallest absolute Gasteiger partial charge is 0.329 e. The monoisotopic (exact) mass is 526 g/mol. The number of fused-ring (bicyclic) bond motifs is 2. The Labute approximate surface area is 226 Å². The van der Waals surface area contributed by atoms with E-state index in [0.29, 0.717) is 31.9 Å². The molecule has 1 atom stereocenters. The fourth-order valence-corrected chi connectivity index (χ4v) is 6.95. The first-order valence-electron chi connectivity index (χ1n) is 13.0. The van der Waals surface area contributed by atoms with Crippen LogP contribution in [0, 0.1) is 0 Å². The van der Waals surface area contributed by atoms with Crippen LogP contribution in [-0.4, -0.2) is 54.6 Å². The number of benzene rings is 3. The molecule has 0 unspecified atom stereocenters. The van der Waals surface area contributed by atoms with Crippen LogP contribution in [0.1, 0.15) is 22.7 Å². The van der Waals surface area contributed by atoms with Gasteiger partial charge in [0.2, 0.25) is 0 Å². The van der Waals surface area contributed by atoms with Crippen LogP contribution < -0.4 is 5.56 Å². The molecule has 1 fully saturated rings. The van der Waals surface area contributed by atoms with E-state index in [1.54, 1.807) is 16.3 Å². The Balaban J connectivity index is 1.61. The summed E-state index contributed by atoms with van der Waals surface area (Å²) in [6.07, 6.45) is 0.623. The lowest BCUT2D eigenvalue weighted by Crippen LogP contribution is -2.40. The van der Waals surface area contributed by atoms with Gasteiger partial charge in [-0.15, -0.1) is 11.8 Å². The molecule has 194 valence electrons. The number of carbonyl (C=O) groups excluding carboxylic acids is 1. The van der Waals surface area contributed by atoms with Crippen LogP contribution in [0.5, 0.6) is 0 Å². The van der Waals surface area contributed by atoms with Gasteiger partial charge in [-0.05, 0) is 33.9 Å². The minimum absolute atomic E-state index is 0.0955. The molecule has 2 aliphatic rings. The maximum Gasteiger partial charge on any atom is 0.329 e. The van der Waals surface area contributed by atoms with Gasteiger partial charge in [0.05, 0.1) is 25.3 Å². The first-order valence-corrected chi connectivity index (χ1v) is 14.0. The van der Waals surface area contributed by atoms with E-state index in [0.717, 1.165) is 40.4 Å². The second-order valence-electron chi connectivity index (χ2n) is 9.73. The van der Waals surface area contributed by atoms with Crippen molar-refractivity contribution in [2.45, 2.75) is 24.0 Å². The van der Waals surface area contributed by atoms with E-state index in [2.05, 4.69) is 59.5 Å². The van der Waals surface area contributed by atoms with Crippen molar-refractivity contribution >= 4 is 28.5 Å². The molecule has 0 amide bonds. The first kappa shape index (κ1) is 24.9. The van der Waals surface area contributed by atoms with E-state index >= 15 is 0 Å². The van der Waals surface area contributed by atoms with E-state index in [1.165, 1.54) is 23.4 Å². The van der Waals surface area contributed by atoms with Crippen LogP contribution in [0.4, 0.5) is 0 Å². The lowest BCUT2D eigenvalue weighted by Gasteiger charge is -2.29. The van der Waals surface area contributed by atoms with Crippen LogP contribution >= 0.6 is 11.8 Å². The van der Waals surface area contributed by atoms with Crippen molar-refractivity contribution < 1.29 is 14.3 Å². The molecule has 0 radical (unpaired) electrons. The van der Waals surface area contributed by atoms with E-state index in [-0.39, 0.29) is 11.5 Å². The van der Waals surface area contributed by atoms with E-state index < -0.39 is 6.04 Å². The zero-order valence-electron chi connectivity index (χ0n) is 21.4. The molecule has 6 rings (SSSR count). The number of methoxy groups -OCH3 is 1. The summed E-state index contributed by atoms with van der Waals surface area (Å²) in [5.74, 6) is 0.104. The number of thioether (sulfide) groups is 1. The molecule has 3 aromatic carbocycles. The molecule has 1 saturated heterocycles. The standard InChI is InChI=1S/C31H30N2O4S/c1-36-31(35)27-20-38-30-28(22-9-3-2-4-10-22)25(18-23-12-7-11-21-8-5-6-13-24(21)23)26(29(34)33(27)30)19-32-14-16-37-17-15-32/h2-13,27H,14-20H2,1H3/t27-/m0/s1. The van der Waals surface area contributed by atoms with Crippen molar-refractivity contribution in [3.05, 3.63) is 99.8 Å². The SMILES string of the molecule is COC(=O)[C@@H]1CSc2c(-c3ccccc3)c(Cc3cccc4ccccc34)c(CN3CCOCC3)c(=O)n21. The van der Waals surface area contributed by atoms with Crippen LogP contribution in [0.15, 0.2) is 82.6 Å². The number of pyridine rings is 1. The average molecular weight is 527 g/mol. The van der Waals surface area contributed by atoms with Gasteiger partial charge < -0.3 is 9.47 Å². The summed E-state index contributed by atoms with van der Waals surface area (Å²) in [6.45, 7) is 3.35. The first-order chi connectivity index (χ1) is 18.7. The fraction of sp³-hybridized carbons (Fsp3) is 0.290. The second kappa shape index (κ2) is 10.8. The number of nitrogens with zero attached hydrogens (tertiary/aromatic N) is 2. The number of morpholine rings is 1.